The fourth-order valence-electron chi connectivity index (χ4n) is 5.06. The van der Waals surface area contributed by atoms with E-state index in [9.17, 15) is 27.2 Å². The molecule has 1 amide bonds. The Labute approximate surface area is 206 Å². The molecule has 1 aromatic rings. The number of ether oxygens (including phenoxy) is 1. The monoisotopic (exact) mass is 517 g/mol. The minimum absolute atomic E-state index is 0.101. The highest BCUT2D eigenvalue weighted by atomic mass is 32.2. The van der Waals surface area contributed by atoms with Crippen LogP contribution in [0.2, 0.25) is 0 Å². The molecule has 2 N–H and O–H groups in total. The average molecular weight is 518 g/mol. The molecule has 0 spiro atoms. The molecular weight excluding hydrogens is 480 g/mol. The fraction of sp³-hybridized carbons (Fsp3) is 0.708. The number of hydrogen-bond donors (Lipinski definition) is 2. The van der Waals surface area contributed by atoms with Gasteiger partial charge in [0.15, 0.2) is 4.75 Å². The number of piperidine rings is 2. The van der Waals surface area contributed by atoms with Gasteiger partial charge in [-0.15, -0.1) is 0 Å². The molecule has 8 nitrogen and oxygen atoms in total. The lowest BCUT2D eigenvalue weighted by molar-refractivity contribution is -0.133. The maximum absolute atomic E-state index is 13.7. The summed E-state index contributed by atoms with van der Waals surface area (Å²) in [5, 5.41) is 9.36. The molecular formula is C24H37F2N3O5S. The topological polar surface area (TPSA) is 99.2 Å². The van der Waals surface area contributed by atoms with Crippen molar-refractivity contribution < 1.29 is 31.9 Å². The lowest BCUT2D eigenvalue weighted by atomic mass is 9.89. The quantitative estimate of drug-likeness (QED) is 0.366. The summed E-state index contributed by atoms with van der Waals surface area (Å²) in [7, 11) is -2.40. The van der Waals surface area contributed by atoms with Crippen LogP contribution >= 0.6 is 0 Å². The van der Waals surface area contributed by atoms with Gasteiger partial charge in [0.05, 0.1) is 6.61 Å². The molecule has 1 aromatic carbocycles. The highest BCUT2D eigenvalue weighted by molar-refractivity contribution is 7.91. The molecule has 0 radical (unpaired) electrons. The third kappa shape index (κ3) is 6.56. The summed E-state index contributed by atoms with van der Waals surface area (Å²) < 4.78 is 58.4. The van der Waals surface area contributed by atoms with Crippen LogP contribution in [0.1, 0.15) is 56.1 Å². The van der Waals surface area contributed by atoms with Crippen LogP contribution in [-0.4, -0.2) is 85.8 Å². The van der Waals surface area contributed by atoms with Crippen molar-refractivity contribution in [1.29, 1.82) is 0 Å². The largest absolute Gasteiger partial charge is 0.383 e. The van der Waals surface area contributed by atoms with Crippen molar-refractivity contribution >= 4 is 15.9 Å². The Morgan fingerprint density at radius 2 is 1.77 bits per heavy atom. The summed E-state index contributed by atoms with van der Waals surface area (Å²) >= 11 is 0. The molecule has 2 heterocycles. The summed E-state index contributed by atoms with van der Waals surface area (Å²) in [6, 6.07) is 7.60. The van der Waals surface area contributed by atoms with Crippen LogP contribution in [0.5, 0.6) is 0 Å². The number of alkyl halides is 2. The second kappa shape index (κ2) is 11.6. The molecule has 3 rings (SSSR count). The number of rotatable bonds is 10. The Bertz CT molecular complexity index is 937. The van der Waals surface area contributed by atoms with Gasteiger partial charge in [-0.1, -0.05) is 24.3 Å². The molecule has 0 bridgehead atoms. The summed E-state index contributed by atoms with van der Waals surface area (Å²) in [6.45, 7) is 3.49. The molecule has 0 unspecified atom stereocenters. The predicted octanol–water partition coefficient (Wildman–Crippen LogP) is 2.77. The highest BCUT2D eigenvalue weighted by Gasteiger charge is 2.55. The zero-order valence-corrected chi connectivity index (χ0v) is 21.3. The second-order valence-electron chi connectivity index (χ2n) is 9.76. The van der Waals surface area contributed by atoms with E-state index in [1.165, 1.54) is 4.31 Å². The molecule has 0 atom stereocenters. The van der Waals surface area contributed by atoms with Crippen LogP contribution in [0.25, 0.3) is 0 Å². The third-order valence-electron chi connectivity index (χ3n) is 7.38. The summed E-state index contributed by atoms with van der Waals surface area (Å²) in [5.41, 5.74) is 3.51. The number of methoxy groups -OCH3 is 1. The van der Waals surface area contributed by atoms with Crippen LogP contribution in [-0.2, 0) is 26.0 Å². The van der Waals surface area contributed by atoms with Gasteiger partial charge in [0.2, 0.25) is 15.9 Å². The molecule has 2 aliphatic rings. The number of nitrogens with zero attached hydrogens (tertiary/aromatic N) is 2. The lowest BCUT2D eigenvalue weighted by Gasteiger charge is -2.43. The number of likely N-dealkylation sites (tertiary alicyclic amines) is 1. The fourth-order valence-corrected chi connectivity index (χ4v) is 7.22. The Kier molecular flexibility index (Phi) is 9.25. The van der Waals surface area contributed by atoms with Crippen molar-refractivity contribution in [1.82, 2.24) is 14.7 Å². The van der Waals surface area contributed by atoms with Crippen LogP contribution in [0.4, 0.5) is 8.78 Å². The molecule has 11 heteroatoms. The van der Waals surface area contributed by atoms with Gasteiger partial charge in [-0.3, -0.25) is 10.0 Å². The van der Waals surface area contributed by atoms with Gasteiger partial charge in [0, 0.05) is 46.3 Å². The Hall–Kier alpha value is -1.66. The molecule has 2 aliphatic heterocycles. The Morgan fingerprint density at radius 3 is 2.29 bits per heavy atom. The number of benzene rings is 1. The Morgan fingerprint density at radius 1 is 1.17 bits per heavy atom. The van der Waals surface area contributed by atoms with Crippen LogP contribution in [0, 0.1) is 0 Å². The first-order chi connectivity index (χ1) is 16.5. The first-order valence-electron chi connectivity index (χ1n) is 12.1. The van der Waals surface area contributed by atoms with Crippen LogP contribution in [0.15, 0.2) is 24.3 Å². The molecule has 35 heavy (non-hydrogen) atoms. The number of nitrogens with one attached hydrogen (secondary N) is 1. The van der Waals surface area contributed by atoms with E-state index in [0.717, 1.165) is 18.1 Å². The summed E-state index contributed by atoms with van der Waals surface area (Å²) in [4.78, 5) is 14.7. The molecule has 0 aromatic heterocycles. The highest BCUT2D eigenvalue weighted by Crippen LogP contribution is 2.37. The number of halogens is 2. The smallest absolute Gasteiger partial charge is 0.266 e. The van der Waals surface area contributed by atoms with E-state index < -0.39 is 26.6 Å². The number of sulfonamides is 1. The van der Waals surface area contributed by atoms with Gasteiger partial charge in [-0.25, -0.2) is 27.0 Å². The molecule has 198 valence electrons. The van der Waals surface area contributed by atoms with E-state index in [0.29, 0.717) is 45.5 Å². The van der Waals surface area contributed by atoms with E-state index >= 15 is 0 Å². The van der Waals surface area contributed by atoms with E-state index in [2.05, 4.69) is 4.90 Å². The first-order valence-corrected chi connectivity index (χ1v) is 13.6. The molecule has 0 saturated carbocycles. The van der Waals surface area contributed by atoms with Gasteiger partial charge in [0.1, 0.15) is 0 Å². The first kappa shape index (κ1) is 27.9. The second-order valence-corrected chi connectivity index (χ2v) is 12.0. The molecule has 2 saturated heterocycles. The summed E-state index contributed by atoms with van der Waals surface area (Å²) in [6.07, 6.45) is 1.51. The number of carbonyl (C=O) groups excluding carboxylic acids is 1. The van der Waals surface area contributed by atoms with Gasteiger partial charge < -0.3 is 9.64 Å². The minimum atomic E-state index is -4.00. The SMILES string of the molecule is COCCN1CCC(C(=O)NO)(S(=O)(=O)N2CCC(c3ccc(CCC(C)(F)F)cc3)CC2)CC1. The zero-order chi connectivity index (χ0) is 25.7. The number of carbonyl (C=O) groups is 1. The maximum atomic E-state index is 13.7. The van der Waals surface area contributed by atoms with E-state index in [1.807, 2.05) is 24.3 Å². The van der Waals surface area contributed by atoms with Crippen LogP contribution in [0.3, 0.4) is 0 Å². The van der Waals surface area contributed by atoms with Gasteiger partial charge in [0.25, 0.3) is 5.91 Å². The van der Waals surface area contributed by atoms with Crippen molar-refractivity contribution in [2.45, 2.75) is 62.0 Å². The van der Waals surface area contributed by atoms with Crippen molar-refractivity contribution in [3.8, 4) is 0 Å². The zero-order valence-electron chi connectivity index (χ0n) is 20.5. The number of hydroxylamine groups is 1. The summed E-state index contributed by atoms with van der Waals surface area (Å²) in [5.74, 6) is -3.41. The van der Waals surface area contributed by atoms with Gasteiger partial charge in [-0.2, -0.15) is 0 Å². The molecule has 2 fully saturated rings. The third-order valence-corrected chi connectivity index (χ3v) is 10.0. The van der Waals surface area contributed by atoms with Crippen LogP contribution < -0.4 is 5.48 Å². The van der Waals surface area contributed by atoms with E-state index in [-0.39, 0.29) is 38.3 Å². The van der Waals surface area contributed by atoms with Crippen molar-refractivity contribution in [3.63, 3.8) is 0 Å². The normalized spacial score (nSPS) is 20.6. The van der Waals surface area contributed by atoms with E-state index in [4.69, 9.17) is 4.74 Å². The number of amides is 1. The van der Waals surface area contributed by atoms with Gasteiger partial charge in [-0.05, 0) is 56.1 Å². The van der Waals surface area contributed by atoms with Crippen molar-refractivity contribution in [3.05, 3.63) is 35.4 Å². The minimum Gasteiger partial charge on any atom is -0.383 e. The molecule has 0 aliphatic carbocycles. The lowest BCUT2D eigenvalue weighted by Crippen LogP contribution is -2.62. The van der Waals surface area contributed by atoms with E-state index in [1.54, 1.807) is 12.6 Å². The average Bonchev–Trinajstić information content (AvgIpc) is 2.86. The number of hydrogen-bond acceptors (Lipinski definition) is 6. The number of aryl methyl sites for hydroxylation is 1. The Balaban J connectivity index is 1.64. The van der Waals surface area contributed by atoms with Crippen molar-refractivity contribution in [2.75, 3.05) is 46.4 Å². The van der Waals surface area contributed by atoms with Gasteiger partial charge >= 0.3 is 0 Å². The maximum Gasteiger partial charge on any atom is 0.266 e. The standard InChI is InChI=1S/C24H37F2N3O5S/c1-23(25,26)10-7-19-3-5-20(6-4-19)21-8-13-29(14-9-21)35(32,33)24(22(30)27-31)11-15-28(16-12-24)17-18-34-2/h3-6,21,31H,7-18H2,1-2H3,(H,27,30). The van der Waals surface area contributed by atoms with Crippen molar-refractivity contribution in [2.24, 2.45) is 0 Å². The predicted molar refractivity (Wildman–Crippen MR) is 128 cm³/mol.